The van der Waals surface area contributed by atoms with E-state index < -0.39 is 0 Å². The number of unbranched alkanes of at least 4 members (excludes halogenated alkanes) is 3. The number of aryl methyl sites for hydroxylation is 1. The van der Waals surface area contributed by atoms with E-state index in [1.54, 1.807) is 6.20 Å². The van der Waals surface area contributed by atoms with Gasteiger partial charge in [-0.3, -0.25) is 0 Å². The summed E-state index contributed by atoms with van der Waals surface area (Å²) < 4.78 is 0. The maximum atomic E-state index is 6.00. The molecule has 0 radical (unpaired) electrons. The van der Waals surface area contributed by atoms with E-state index in [2.05, 4.69) is 36.2 Å². The summed E-state index contributed by atoms with van der Waals surface area (Å²) in [5.74, 6) is 0. The molecule has 0 aliphatic heterocycles. The molecule has 106 valence electrons. The van der Waals surface area contributed by atoms with Gasteiger partial charge in [-0.15, -0.1) is 0 Å². The van der Waals surface area contributed by atoms with E-state index in [9.17, 15) is 0 Å². The molecule has 1 heterocycles. The van der Waals surface area contributed by atoms with Gasteiger partial charge in [-0.05, 0) is 30.0 Å². The number of hydrogen-bond acceptors (Lipinski definition) is 1. The lowest BCUT2D eigenvalue weighted by Crippen LogP contribution is -1.87. The van der Waals surface area contributed by atoms with Crippen molar-refractivity contribution in [3.8, 4) is 11.1 Å². The zero-order chi connectivity index (χ0) is 14.4. The van der Waals surface area contributed by atoms with E-state index in [1.807, 2.05) is 6.07 Å². The van der Waals surface area contributed by atoms with Gasteiger partial charge < -0.3 is 0 Å². The van der Waals surface area contributed by atoms with Crippen LogP contribution in [-0.4, -0.2) is 4.98 Å². The molecule has 2 aromatic rings. The molecule has 0 amide bonds. The van der Waals surface area contributed by atoms with Crippen molar-refractivity contribution in [2.45, 2.75) is 39.0 Å². The van der Waals surface area contributed by atoms with Crippen molar-refractivity contribution in [3.05, 3.63) is 52.3 Å². The van der Waals surface area contributed by atoms with Crippen LogP contribution >= 0.6 is 23.2 Å². The molecule has 0 unspecified atom stereocenters. The number of nitrogens with zero attached hydrogens (tertiary/aromatic N) is 1. The van der Waals surface area contributed by atoms with Gasteiger partial charge in [0, 0.05) is 11.8 Å². The highest BCUT2D eigenvalue weighted by Crippen LogP contribution is 2.26. The van der Waals surface area contributed by atoms with Gasteiger partial charge in [0.2, 0.25) is 0 Å². The summed E-state index contributed by atoms with van der Waals surface area (Å²) in [4.78, 5) is 4.08. The van der Waals surface area contributed by atoms with Crippen LogP contribution in [0.15, 0.2) is 36.5 Å². The first-order valence-electron chi connectivity index (χ1n) is 7.11. The summed E-state index contributed by atoms with van der Waals surface area (Å²) in [7, 11) is 0. The number of halogens is 2. The molecular formula is C17H19Cl2N. The second kappa shape index (κ2) is 7.66. The lowest BCUT2D eigenvalue weighted by atomic mass is 10.0. The molecule has 0 fully saturated rings. The van der Waals surface area contributed by atoms with Gasteiger partial charge >= 0.3 is 0 Å². The summed E-state index contributed by atoms with van der Waals surface area (Å²) in [6.07, 6.45) is 8.09. The number of aromatic nitrogens is 1. The number of benzene rings is 1. The quantitative estimate of drug-likeness (QED) is 0.459. The maximum absolute atomic E-state index is 6.00. The Kier molecular flexibility index (Phi) is 5.87. The fourth-order valence-electron chi connectivity index (χ4n) is 2.20. The second-order valence-electron chi connectivity index (χ2n) is 5.00. The van der Waals surface area contributed by atoms with Crippen molar-refractivity contribution in [1.29, 1.82) is 0 Å². The highest BCUT2D eigenvalue weighted by atomic mass is 35.5. The minimum atomic E-state index is 0.350. The molecule has 3 heteroatoms. The maximum Gasteiger partial charge on any atom is 0.147 e. The van der Waals surface area contributed by atoms with Crippen molar-refractivity contribution in [2.24, 2.45) is 0 Å². The average Bonchev–Trinajstić information content (AvgIpc) is 2.47. The predicted octanol–water partition coefficient (Wildman–Crippen LogP) is 6.18. The van der Waals surface area contributed by atoms with Crippen molar-refractivity contribution < 1.29 is 0 Å². The van der Waals surface area contributed by atoms with Gasteiger partial charge in [0.25, 0.3) is 0 Å². The first kappa shape index (κ1) is 15.3. The normalized spacial score (nSPS) is 10.8. The molecule has 1 aromatic carbocycles. The van der Waals surface area contributed by atoms with Crippen molar-refractivity contribution >= 4 is 23.2 Å². The van der Waals surface area contributed by atoms with E-state index in [1.165, 1.54) is 31.2 Å². The molecule has 20 heavy (non-hydrogen) atoms. The standard InChI is InChI=1S/C17H19Cl2N/c1-2-3-4-5-6-13-7-9-14(10-8-13)15-11-16(18)17(19)20-12-15/h7-12H,2-6H2,1H3. The summed E-state index contributed by atoms with van der Waals surface area (Å²) in [5.41, 5.74) is 3.50. The van der Waals surface area contributed by atoms with E-state index in [0.29, 0.717) is 10.2 Å². The third-order valence-corrected chi connectivity index (χ3v) is 4.09. The zero-order valence-corrected chi connectivity index (χ0v) is 13.2. The minimum absolute atomic E-state index is 0.350. The first-order chi connectivity index (χ1) is 9.70. The van der Waals surface area contributed by atoms with Crippen molar-refractivity contribution in [1.82, 2.24) is 4.98 Å². The first-order valence-corrected chi connectivity index (χ1v) is 7.86. The van der Waals surface area contributed by atoms with Crippen LogP contribution in [0.2, 0.25) is 10.2 Å². The lowest BCUT2D eigenvalue weighted by molar-refractivity contribution is 0.667. The molecular weight excluding hydrogens is 289 g/mol. The van der Waals surface area contributed by atoms with Crippen LogP contribution in [0.4, 0.5) is 0 Å². The number of pyridine rings is 1. The molecule has 0 N–H and O–H groups in total. The predicted molar refractivity (Wildman–Crippen MR) is 87.5 cm³/mol. The summed E-state index contributed by atoms with van der Waals surface area (Å²) >= 11 is 11.8. The third-order valence-electron chi connectivity index (χ3n) is 3.40. The van der Waals surface area contributed by atoms with Crippen molar-refractivity contribution in [2.75, 3.05) is 0 Å². The SMILES string of the molecule is CCCCCCc1ccc(-c2cnc(Cl)c(Cl)c2)cc1. The number of hydrogen-bond donors (Lipinski definition) is 0. The van der Waals surface area contributed by atoms with Gasteiger partial charge in [-0.25, -0.2) is 4.98 Å². The monoisotopic (exact) mass is 307 g/mol. The van der Waals surface area contributed by atoms with Crippen LogP contribution in [0.3, 0.4) is 0 Å². The highest BCUT2D eigenvalue weighted by molar-refractivity contribution is 6.41. The summed E-state index contributed by atoms with van der Waals surface area (Å²) in [6, 6.07) is 10.5. The van der Waals surface area contributed by atoms with Crippen LogP contribution in [0.1, 0.15) is 38.2 Å². The summed E-state index contributed by atoms with van der Waals surface area (Å²) in [5, 5.41) is 0.843. The van der Waals surface area contributed by atoms with Gasteiger partial charge in [0.15, 0.2) is 0 Å². The van der Waals surface area contributed by atoms with Gasteiger partial charge in [0.05, 0.1) is 5.02 Å². The summed E-state index contributed by atoms with van der Waals surface area (Å²) in [6.45, 7) is 2.24. The Labute approximate surface area is 131 Å². The smallest absolute Gasteiger partial charge is 0.147 e. The Morgan fingerprint density at radius 1 is 0.950 bits per heavy atom. The van der Waals surface area contributed by atoms with Gasteiger partial charge in [-0.2, -0.15) is 0 Å². The lowest BCUT2D eigenvalue weighted by Gasteiger charge is -2.05. The fraction of sp³-hybridized carbons (Fsp3) is 0.353. The molecule has 0 spiro atoms. The van der Waals surface area contributed by atoms with Crippen molar-refractivity contribution in [3.63, 3.8) is 0 Å². The molecule has 1 aromatic heterocycles. The van der Waals surface area contributed by atoms with E-state index in [0.717, 1.165) is 17.5 Å². The fourth-order valence-corrected chi connectivity index (χ4v) is 2.47. The minimum Gasteiger partial charge on any atom is -0.242 e. The van der Waals surface area contributed by atoms with Crippen LogP contribution in [0.5, 0.6) is 0 Å². The Morgan fingerprint density at radius 2 is 1.70 bits per heavy atom. The molecule has 0 aliphatic carbocycles. The van der Waals surface area contributed by atoms with Crippen LogP contribution in [-0.2, 0) is 6.42 Å². The largest absolute Gasteiger partial charge is 0.242 e. The molecule has 0 aliphatic rings. The Hall–Kier alpha value is -1.05. The Bertz CT molecular complexity index is 549. The highest BCUT2D eigenvalue weighted by Gasteiger charge is 2.03. The van der Waals surface area contributed by atoms with Gasteiger partial charge in [0.1, 0.15) is 5.15 Å². The van der Waals surface area contributed by atoms with Crippen LogP contribution in [0, 0.1) is 0 Å². The molecule has 2 rings (SSSR count). The molecule has 0 saturated heterocycles. The Morgan fingerprint density at radius 3 is 2.35 bits per heavy atom. The topological polar surface area (TPSA) is 12.9 Å². The van der Waals surface area contributed by atoms with Gasteiger partial charge in [-0.1, -0.05) is 73.7 Å². The molecule has 0 bridgehead atoms. The Balaban J connectivity index is 2.02. The second-order valence-corrected chi connectivity index (χ2v) is 5.77. The third kappa shape index (κ3) is 4.22. The van der Waals surface area contributed by atoms with Crippen LogP contribution < -0.4 is 0 Å². The van der Waals surface area contributed by atoms with Crippen LogP contribution in [0.25, 0.3) is 11.1 Å². The molecule has 0 atom stereocenters. The van der Waals surface area contributed by atoms with E-state index in [-0.39, 0.29) is 0 Å². The van der Waals surface area contributed by atoms with E-state index in [4.69, 9.17) is 23.2 Å². The molecule has 0 saturated carbocycles. The van der Waals surface area contributed by atoms with E-state index >= 15 is 0 Å². The molecule has 1 nitrogen and oxygen atoms in total. The average molecular weight is 308 g/mol. The zero-order valence-electron chi connectivity index (χ0n) is 11.7. The number of rotatable bonds is 6.